The highest BCUT2D eigenvalue weighted by Gasteiger charge is 2.14. The first-order valence-electron chi connectivity index (χ1n) is 9.15. The standard InChI is InChI=1S/C22H24N2O5/c1-14-5-8-18(27-3)17(11-14)24-21(25)9-10-22-23-13-20(29-22)16-7-6-15(26-2)12-19(16)28-4/h5-8,11-13H,9-10H2,1-4H3,(H,24,25). The van der Waals surface area contributed by atoms with Crippen LogP contribution in [0.1, 0.15) is 17.9 Å². The number of aromatic nitrogens is 1. The molecule has 2 aromatic carbocycles. The highest BCUT2D eigenvalue weighted by molar-refractivity contribution is 5.92. The van der Waals surface area contributed by atoms with Crippen molar-refractivity contribution in [2.45, 2.75) is 19.8 Å². The summed E-state index contributed by atoms with van der Waals surface area (Å²) in [7, 11) is 4.75. The minimum absolute atomic E-state index is 0.143. The fourth-order valence-corrected chi connectivity index (χ4v) is 2.91. The van der Waals surface area contributed by atoms with E-state index in [1.807, 2.05) is 37.3 Å². The number of amides is 1. The van der Waals surface area contributed by atoms with Gasteiger partial charge in [-0.2, -0.15) is 0 Å². The van der Waals surface area contributed by atoms with Crippen LogP contribution in [0.25, 0.3) is 11.3 Å². The maximum Gasteiger partial charge on any atom is 0.224 e. The molecule has 0 unspecified atom stereocenters. The summed E-state index contributed by atoms with van der Waals surface area (Å²) in [6.07, 6.45) is 2.23. The van der Waals surface area contributed by atoms with Gasteiger partial charge in [-0.3, -0.25) is 4.79 Å². The monoisotopic (exact) mass is 396 g/mol. The second-order valence-corrected chi connectivity index (χ2v) is 6.44. The van der Waals surface area contributed by atoms with E-state index in [1.54, 1.807) is 33.6 Å². The van der Waals surface area contributed by atoms with E-state index in [9.17, 15) is 4.79 Å². The highest BCUT2D eigenvalue weighted by atomic mass is 16.5. The van der Waals surface area contributed by atoms with Crippen LogP contribution in [0, 0.1) is 6.92 Å². The smallest absolute Gasteiger partial charge is 0.224 e. The number of ether oxygens (including phenoxy) is 3. The van der Waals surface area contributed by atoms with Crippen molar-refractivity contribution in [1.29, 1.82) is 0 Å². The summed E-state index contributed by atoms with van der Waals surface area (Å²) in [5, 5.41) is 2.87. The third-order valence-electron chi connectivity index (χ3n) is 4.42. The summed E-state index contributed by atoms with van der Waals surface area (Å²) in [5.74, 6) is 2.83. The number of aryl methyl sites for hydroxylation is 2. The zero-order valence-electron chi connectivity index (χ0n) is 16.9. The molecule has 0 atom stereocenters. The summed E-state index contributed by atoms with van der Waals surface area (Å²) >= 11 is 0. The number of carbonyl (C=O) groups excluding carboxylic acids is 1. The first kappa shape index (κ1) is 20.3. The molecular weight excluding hydrogens is 372 g/mol. The fourth-order valence-electron chi connectivity index (χ4n) is 2.91. The van der Waals surface area contributed by atoms with Gasteiger partial charge in [0.05, 0.1) is 38.8 Å². The number of anilines is 1. The summed E-state index contributed by atoms with van der Waals surface area (Å²) in [6, 6.07) is 11.1. The third-order valence-corrected chi connectivity index (χ3v) is 4.42. The van der Waals surface area contributed by atoms with E-state index >= 15 is 0 Å². The van der Waals surface area contributed by atoms with Gasteiger partial charge in [-0.25, -0.2) is 4.98 Å². The Kier molecular flexibility index (Phi) is 6.39. The van der Waals surface area contributed by atoms with Crippen molar-refractivity contribution in [3.63, 3.8) is 0 Å². The van der Waals surface area contributed by atoms with E-state index in [1.165, 1.54) is 0 Å². The van der Waals surface area contributed by atoms with Crippen molar-refractivity contribution < 1.29 is 23.4 Å². The predicted octanol–water partition coefficient (Wildman–Crippen LogP) is 4.25. The van der Waals surface area contributed by atoms with E-state index in [0.717, 1.165) is 11.1 Å². The molecule has 0 aliphatic rings. The van der Waals surface area contributed by atoms with E-state index in [0.29, 0.717) is 41.0 Å². The van der Waals surface area contributed by atoms with Gasteiger partial charge in [-0.15, -0.1) is 0 Å². The van der Waals surface area contributed by atoms with Crippen LogP contribution in [0.4, 0.5) is 5.69 Å². The Morgan fingerprint density at radius 3 is 2.55 bits per heavy atom. The lowest BCUT2D eigenvalue weighted by molar-refractivity contribution is -0.116. The molecule has 3 aromatic rings. The SMILES string of the molecule is COc1ccc(-c2cnc(CCC(=O)Nc3cc(C)ccc3OC)o2)c(OC)c1. The largest absolute Gasteiger partial charge is 0.497 e. The Hall–Kier alpha value is -3.48. The zero-order chi connectivity index (χ0) is 20.8. The minimum atomic E-state index is -0.143. The van der Waals surface area contributed by atoms with Crippen LogP contribution in [0.5, 0.6) is 17.2 Å². The quantitative estimate of drug-likeness (QED) is 0.613. The fraction of sp³-hybridized carbons (Fsp3) is 0.273. The molecule has 3 rings (SSSR count). The van der Waals surface area contributed by atoms with Crippen LogP contribution >= 0.6 is 0 Å². The average Bonchev–Trinajstić information content (AvgIpc) is 3.20. The highest BCUT2D eigenvalue weighted by Crippen LogP contribution is 2.33. The molecule has 0 radical (unpaired) electrons. The van der Waals surface area contributed by atoms with Gasteiger partial charge in [0.1, 0.15) is 17.2 Å². The molecule has 0 saturated carbocycles. The number of oxazole rings is 1. The van der Waals surface area contributed by atoms with Crippen molar-refractivity contribution in [3.8, 4) is 28.6 Å². The van der Waals surface area contributed by atoms with Crippen LogP contribution in [0.2, 0.25) is 0 Å². The number of nitrogens with one attached hydrogen (secondary N) is 1. The molecule has 0 fully saturated rings. The second-order valence-electron chi connectivity index (χ2n) is 6.44. The molecule has 0 bridgehead atoms. The molecular formula is C22H24N2O5. The van der Waals surface area contributed by atoms with E-state index < -0.39 is 0 Å². The van der Waals surface area contributed by atoms with Crippen molar-refractivity contribution in [2.75, 3.05) is 26.6 Å². The van der Waals surface area contributed by atoms with E-state index in [2.05, 4.69) is 10.3 Å². The molecule has 7 nitrogen and oxygen atoms in total. The Labute approximate surface area is 169 Å². The molecule has 152 valence electrons. The number of carbonyl (C=O) groups is 1. The molecule has 1 N–H and O–H groups in total. The summed E-state index contributed by atoms with van der Waals surface area (Å²) in [4.78, 5) is 16.6. The lowest BCUT2D eigenvalue weighted by Gasteiger charge is -2.10. The Morgan fingerprint density at radius 2 is 1.83 bits per heavy atom. The Balaban J connectivity index is 1.65. The minimum Gasteiger partial charge on any atom is -0.497 e. The third kappa shape index (κ3) is 4.87. The van der Waals surface area contributed by atoms with Gasteiger partial charge in [0.25, 0.3) is 0 Å². The van der Waals surface area contributed by atoms with Crippen molar-refractivity contribution in [3.05, 3.63) is 54.0 Å². The van der Waals surface area contributed by atoms with Gasteiger partial charge >= 0.3 is 0 Å². The Bertz CT molecular complexity index is 997. The number of hydrogen-bond donors (Lipinski definition) is 1. The maximum atomic E-state index is 12.3. The van der Waals surface area contributed by atoms with Gasteiger partial charge in [-0.05, 0) is 36.8 Å². The van der Waals surface area contributed by atoms with Gasteiger partial charge in [-0.1, -0.05) is 6.07 Å². The number of hydrogen-bond acceptors (Lipinski definition) is 6. The van der Waals surface area contributed by atoms with Crippen molar-refractivity contribution in [1.82, 2.24) is 4.98 Å². The molecule has 0 saturated heterocycles. The summed E-state index contributed by atoms with van der Waals surface area (Å²) in [5.41, 5.74) is 2.45. The number of rotatable bonds is 8. The lowest BCUT2D eigenvalue weighted by Crippen LogP contribution is -2.13. The van der Waals surface area contributed by atoms with Crippen LogP contribution < -0.4 is 19.5 Å². The number of benzene rings is 2. The van der Waals surface area contributed by atoms with Gasteiger partial charge < -0.3 is 23.9 Å². The van der Waals surface area contributed by atoms with E-state index in [4.69, 9.17) is 18.6 Å². The predicted molar refractivity (Wildman–Crippen MR) is 110 cm³/mol. The van der Waals surface area contributed by atoms with E-state index in [-0.39, 0.29) is 12.3 Å². The molecule has 0 aliphatic carbocycles. The zero-order valence-corrected chi connectivity index (χ0v) is 16.9. The lowest BCUT2D eigenvalue weighted by atomic mass is 10.1. The van der Waals surface area contributed by atoms with Crippen molar-refractivity contribution >= 4 is 11.6 Å². The van der Waals surface area contributed by atoms with Crippen LogP contribution in [0.3, 0.4) is 0 Å². The summed E-state index contributed by atoms with van der Waals surface area (Å²) < 4.78 is 21.7. The van der Waals surface area contributed by atoms with Crippen molar-refractivity contribution in [2.24, 2.45) is 0 Å². The average molecular weight is 396 g/mol. The molecule has 1 heterocycles. The first-order valence-corrected chi connectivity index (χ1v) is 9.15. The molecule has 1 amide bonds. The summed E-state index contributed by atoms with van der Waals surface area (Å²) in [6.45, 7) is 1.96. The first-order chi connectivity index (χ1) is 14.0. The molecule has 29 heavy (non-hydrogen) atoms. The van der Waals surface area contributed by atoms with Gasteiger partial charge in [0.15, 0.2) is 11.7 Å². The molecule has 0 aliphatic heterocycles. The molecule has 1 aromatic heterocycles. The topological polar surface area (TPSA) is 82.8 Å². The molecule has 0 spiro atoms. The Morgan fingerprint density at radius 1 is 1.03 bits per heavy atom. The van der Waals surface area contributed by atoms with Crippen LogP contribution in [-0.4, -0.2) is 32.2 Å². The van der Waals surface area contributed by atoms with Crippen LogP contribution in [-0.2, 0) is 11.2 Å². The van der Waals surface area contributed by atoms with Crippen LogP contribution in [0.15, 0.2) is 47.0 Å². The normalized spacial score (nSPS) is 10.5. The van der Waals surface area contributed by atoms with Gasteiger partial charge in [0.2, 0.25) is 5.91 Å². The maximum absolute atomic E-state index is 12.3. The number of methoxy groups -OCH3 is 3. The number of nitrogens with zero attached hydrogens (tertiary/aromatic N) is 1. The molecule has 7 heteroatoms. The van der Waals surface area contributed by atoms with Gasteiger partial charge in [0, 0.05) is 18.9 Å². The second kappa shape index (κ2) is 9.14.